The first-order chi connectivity index (χ1) is 11.1. The number of aryl methyl sites for hydroxylation is 1. The molecule has 1 fully saturated rings. The number of anilines is 1. The van der Waals surface area contributed by atoms with Crippen molar-refractivity contribution >= 4 is 17.7 Å². The number of nitrogens with one attached hydrogen (secondary N) is 1. The average molecular weight is 348 g/mol. The summed E-state index contributed by atoms with van der Waals surface area (Å²) in [5.74, 6) is -0.880. The van der Waals surface area contributed by atoms with E-state index in [-0.39, 0.29) is 18.8 Å². The summed E-state index contributed by atoms with van der Waals surface area (Å²) in [7, 11) is 1.54. The van der Waals surface area contributed by atoms with E-state index in [0.717, 1.165) is 4.90 Å². The monoisotopic (exact) mass is 348 g/mol. The molecule has 0 unspecified atom stereocenters. The summed E-state index contributed by atoms with van der Waals surface area (Å²) in [4.78, 5) is 26.6. The fraction of sp³-hybridized carbons (Fsp3) is 0.643. The summed E-state index contributed by atoms with van der Waals surface area (Å²) >= 11 is 0. The minimum Gasteiger partial charge on any atom is -0.338 e. The van der Waals surface area contributed by atoms with Crippen LogP contribution in [-0.4, -0.2) is 65.2 Å². The highest BCUT2D eigenvalue weighted by Gasteiger charge is 2.42. The SMILES string of the molecule is Cc1cc(NC(=O)[C@H](C)N(C)[C@@H]2CCN(CC(F)(F)F)C2=O)on1. The van der Waals surface area contributed by atoms with Crippen molar-refractivity contribution < 1.29 is 27.3 Å². The summed E-state index contributed by atoms with van der Waals surface area (Å²) in [5.41, 5.74) is 0.597. The second-order valence-electron chi connectivity index (χ2n) is 5.84. The molecule has 2 heterocycles. The molecule has 1 aliphatic heterocycles. The lowest BCUT2D eigenvalue weighted by molar-refractivity contribution is -0.159. The number of alkyl halides is 3. The smallest absolute Gasteiger partial charge is 0.338 e. The van der Waals surface area contributed by atoms with Gasteiger partial charge in [0.25, 0.3) is 0 Å². The number of carbonyl (C=O) groups excluding carboxylic acids is 2. The van der Waals surface area contributed by atoms with E-state index in [2.05, 4.69) is 10.5 Å². The van der Waals surface area contributed by atoms with Crippen LogP contribution in [-0.2, 0) is 9.59 Å². The van der Waals surface area contributed by atoms with Crippen LogP contribution in [0.1, 0.15) is 19.0 Å². The Morgan fingerprint density at radius 3 is 2.79 bits per heavy atom. The lowest BCUT2D eigenvalue weighted by Gasteiger charge is -2.28. The number of hydrogen-bond acceptors (Lipinski definition) is 5. The highest BCUT2D eigenvalue weighted by atomic mass is 19.4. The topological polar surface area (TPSA) is 78.7 Å². The number of aromatic nitrogens is 1. The first-order valence-corrected chi connectivity index (χ1v) is 7.40. The zero-order valence-corrected chi connectivity index (χ0v) is 13.6. The van der Waals surface area contributed by atoms with Gasteiger partial charge in [0.05, 0.1) is 17.8 Å². The van der Waals surface area contributed by atoms with Gasteiger partial charge in [-0.3, -0.25) is 19.8 Å². The van der Waals surface area contributed by atoms with Gasteiger partial charge in [-0.2, -0.15) is 13.2 Å². The predicted molar refractivity (Wildman–Crippen MR) is 78.1 cm³/mol. The molecule has 0 aromatic carbocycles. The van der Waals surface area contributed by atoms with E-state index in [9.17, 15) is 22.8 Å². The number of likely N-dealkylation sites (N-methyl/N-ethyl adjacent to an activating group) is 1. The van der Waals surface area contributed by atoms with Crippen LogP contribution in [0.2, 0.25) is 0 Å². The lowest BCUT2D eigenvalue weighted by Crippen LogP contribution is -2.49. The molecule has 0 aliphatic carbocycles. The fourth-order valence-corrected chi connectivity index (χ4v) is 2.58. The third-order valence-corrected chi connectivity index (χ3v) is 4.00. The molecule has 1 N–H and O–H groups in total. The lowest BCUT2D eigenvalue weighted by atomic mass is 10.1. The Balaban J connectivity index is 1.96. The first kappa shape index (κ1) is 18.2. The maximum atomic E-state index is 12.5. The van der Waals surface area contributed by atoms with E-state index in [1.165, 1.54) is 18.0 Å². The molecule has 1 saturated heterocycles. The molecule has 0 bridgehead atoms. The zero-order valence-electron chi connectivity index (χ0n) is 13.6. The Hall–Kier alpha value is -2.10. The van der Waals surface area contributed by atoms with Crippen molar-refractivity contribution in [2.45, 2.75) is 38.5 Å². The molecule has 2 amide bonds. The summed E-state index contributed by atoms with van der Waals surface area (Å²) in [5, 5.41) is 6.15. The number of hydrogen-bond donors (Lipinski definition) is 1. The molecule has 1 aromatic rings. The van der Waals surface area contributed by atoms with E-state index >= 15 is 0 Å². The molecule has 7 nitrogen and oxygen atoms in total. The highest BCUT2D eigenvalue weighted by molar-refractivity contribution is 5.94. The molecule has 0 spiro atoms. The van der Waals surface area contributed by atoms with Gasteiger partial charge in [0, 0.05) is 12.6 Å². The average Bonchev–Trinajstić information content (AvgIpc) is 3.03. The van der Waals surface area contributed by atoms with E-state index < -0.39 is 36.6 Å². The van der Waals surface area contributed by atoms with Crippen LogP contribution in [0.3, 0.4) is 0 Å². The molecular formula is C14H19F3N4O3. The zero-order chi connectivity index (χ0) is 18.1. The van der Waals surface area contributed by atoms with Gasteiger partial charge in [-0.25, -0.2) is 0 Å². The minimum absolute atomic E-state index is 0.0169. The third-order valence-electron chi connectivity index (χ3n) is 4.00. The Bertz CT molecular complexity index is 617. The Morgan fingerprint density at radius 1 is 1.58 bits per heavy atom. The summed E-state index contributed by atoms with van der Waals surface area (Å²) < 4.78 is 42.2. The molecular weight excluding hydrogens is 329 g/mol. The second kappa shape index (κ2) is 6.80. The Kier molecular flexibility index (Phi) is 5.16. The molecule has 0 radical (unpaired) electrons. The maximum absolute atomic E-state index is 12.5. The predicted octanol–water partition coefficient (Wildman–Crippen LogP) is 1.41. The molecule has 1 aromatic heterocycles. The normalized spacial score (nSPS) is 19.9. The van der Waals surface area contributed by atoms with E-state index in [4.69, 9.17) is 4.52 Å². The maximum Gasteiger partial charge on any atom is 0.406 e. The van der Waals surface area contributed by atoms with Crippen molar-refractivity contribution in [2.75, 3.05) is 25.5 Å². The summed E-state index contributed by atoms with van der Waals surface area (Å²) in [6.45, 7) is 2.01. The molecule has 10 heteroatoms. The number of nitrogens with zero attached hydrogens (tertiary/aromatic N) is 3. The molecule has 24 heavy (non-hydrogen) atoms. The van der Waals surface area contributed by atoms with Gasteiger partial charge in [-0.05, 0) is 27.3 Å². The standard InChI is InChI=1S/C14H19F3N4O3/c1-8-6-11(24-19-8)18-12(22)9(2)20(3)10-4-5-21(13(10)23)7-14(15,16)17/h6,9-10H,4-5,7H2,1-3H3,(H,18,22)/t9-,10+/m0/s1. The van der Waals surface area contributed by atoms with Crippen LogP contribution in [0, 0.1) is 6.92 Å². The Morgan fingerprint density at radius 2 is 2.25 bits per heavy atom. The molecule has 2 rings (SSSR count). The van der Waals surface area contributed by atoms with Crippen molar-refractivity contribution in [2.24, 2.45) is 0 Å². The number of halogens is 3. The molecule has 134 valence electrons. The third kappa shape index (κ3) is 4.25. The number of amides is 2. The minimum atomic E-state index is -4.43. The van der Waals surface area contributed by atoms with E-state index in [1.54, 1.807) is 13.8 Å². The van der Waals surface area contributed by atoms with Crippen molar-refractivity contribution in [3.63, 3.8) is 0 Å². The highest BCUT2D eigenvalue weighted by Crippen LogP contribution is 2.24. The second-order valence-corrected chi connectivity index (χ2v) is 5.84. The fourth-order valence-electron chi connectivity index (χ4n) is 2.58. The van der Waals surface area contributed by atoms with Crippen LogP contribution in [0.25, 0.3) is 0 Å². The Labute approximate surface area is 136 Å². The van der Waals surface area contributed by atoms with Gasteiger partial charge >= 0.3 is 6.18 Å². The van der Waals surface area contributed by atoms with Gasteiger partial charge in [-0.15, -0.1) is 0 Å². The van der Waals surface area contributed by atoms with Crippen molar-refractivity contribution in [1.29, 1.82) is 0 Å². The van der Waals surface area contributed by atoms with Crippen LogP contribution >= 0.6 is 0 Å². The van der Waals surface area contributed by atoms with Gasteiger partial charge < -0.3 is 9.42 Å². The van der Waals surface area contributed by atoms with Crippen LogP contribution in [0.5, 0.6) is 0 Å². The van der Waals surface area contributed by atoms with E-state index in [0.29, 0.717) is 5.69 Å². The van der Waals surface area contributed by atoms with Crippen molar-refractivity contribution in [1.82, 2.24) is 15.0 Å². The summed E-state index contributed by atoms with van der Waals surface area (Å²) in [6.07, 6.45) is -4.19. The molecule has 2 atom stereocenters. The number of likely N-dealkylation sites (tertiary alicyclic amines) is 1. The van der Waals surface area contributed by atoms with Crippen molar-refractivity contribution in [3.05, 3.63) is 11.8 Å². The first-order valence-electron chi connectivity index (χ1n) is 7.40. The van der Waals surface area contributed by atoms with Gasteiger partial charge in [0.1, 0.15) is 6.54 Å². The van der Waals surface area contributed by atoms with Crippen molar-refractivity contribution in [3.8, 4) is 0 Å². The molecule has 0 saturated carbocycles. The van der Waals surface area contributed by atoms with Gasteiger partial charge in [0.2, 0.25) is 17.7 Å². The quantitative estimate of drug-likeness (QED) is 0.870. The van der Waals surface area contributed by atoms with Crippen LogP contribution in [0.4, 0.5) is 19.1 Å². The van der Waals surface area contributed by atoms with Gasteiger partial charge in [-0.1, -0.05) is 5.16 Å². The van der Waals surface area contributed by atoms with Gasteiger partial charge in [0.15, 0.2) is 0 Å². The van der Waals surface area contributed by atoms with E-state index in [1.807, 2.05) is 0 Å². The number of rotatable bonds is 5. The summed E-state index contributed by atoms with van der Waals surface area (Å²) in [6, 6.07) is 0.0518. The largest absolute Gasteiger partial charge is 0.406 e. The number of carbonyl (C=O) groups is 2. The molecule has 1 aliphatic rings. The van der Waals surface area contributed by atoms with Crippen LogP contribution in [0.15, 0.2) is 10.6 Å². The van der Waals surface area contributed by atoms with Crippen LogP contribution < -0.4 is 5.32 Å².